The van der Waals surface area contributed by atoms with Crippen LogP contribution in [-0.2, 0) is 39.9 Å². The summed E-state index contributed by atoms with van der Waals surface area (Å²) in [6.45, 7) is 5.33. The van der Waals surface area contributed by atoms with Crippen molar-refractivity contribution in [2.24, 2.45) is 5.92 Å². The number of benzene rings is 3. The summed E-state index contributed by atoms with van der Waals surface area (Å²) in [5, 5.41) is 0.0233. The van der Waals surface area contributed by atoms with Gasteiger partial charge >= 0.3 is 0 Å². The number of aromatic nitrogens is 2. The highest BCUT2D eigenvalue weighted by Crippen LogP contribution is 2.21. The largest absolute Gasteiger partial charge is 0.336 e. The van der Waals surface area contributed by atoms with E-state index in [2.05, 4.69) is 18.8 Å². The van der Waals surface area contributed by atoms with Gasteiger partial charge in [0.15, 0.2) is 0 Å². The molecular formula is C30H33N3O3S. The van der Waals surface area contributed by atoms with Crippen molar-refractivity contribution in [3.8, 4) is 0 Å². The molecule has 0 aliphatic heterocycles. The molecule has 192 valence electrons. The van der Waals surface area contributed by atoms with Gasteiger partial charge in [-0.2, -0.15) is 0 Å². The molecule has 0 aliphatic rings. The summed E-state index contributed by atoms with van der Waals surface area (Å²) in [4.78, 5) is 19.5. The number of rotatable bonds is 11. The first-order valence-corrected chi connectivity index (χ1v) is 14.1. The molecule has 0 unspecified atom stereocenters. The van der Waals surface area contributed by atoms with Crippen LogP contribution < -0.4 is 0 Å². The molecule has 1 heterocycles. The summed E-state index contributed by atoms with van der Waals surface area (Å²) >= 11 is 0. The molecule has 0 N–H and O–H groups in total. The van der Waals surface area contributed by atoms with Gasteiger partial charge in [-0.1, -0.05) is 105 Å². The Hall–Kier alpha value is -3.71. The van der Waals surface area contributed by atoms with Crippen LogP contribution in [0.4, 0.5) is 0 Å². The van der Waals surface area contributed by atoms with E-state index < -0.39 is 9.84 Å². The second-order valence-corrected chi connectivity index (χ2v) is 11.6. The zero-order chi connectivity index (χ0) is 26.3. The van der Waals surface area contributed by atoms with Crippen molar-refractivity contribution in [2.45, 2.75) is 44.3 Å². The number of hydrogen-bond donors (Lipinski definition) is 0. The smallest absolute Gasteiger partial charge is 0.228 e. The number of sulfone groups is 1. The molecule has 1 aromatic heterocycles. The maximum absolute atomic E-state index is 13.5. The average Bonchev–Trinajstić information content (AvgIpc) is 3.28. The molecule has 4 aromatic rings. The molecule has 37 heavy (non-hydrogen) atoms. The van der Waals surface area contributed by atoms with Crippen molar-refractivity contribution >= 4 is 15.7 Å². The lowest BCUT2D eigenvalue weighted by Gasteiger charge is -2.25. The van der Waals surface area contributed by atoms with E-state index in [9.17, 15) is 13.2 Å². The first-order chi connectivity index (χ1) is 17.8. The second kappa shape index (κ2) is 12.0. The summed E-state index contributed by atoms with van der Waals surface area (Å²) in [5.41, 5.74) is 3.31. The molecule has 0 saturated carbocycles. The summed E-state index contributed by atoms with van der Waals surface area (Å²) in [6, 6.07) is 28.5. The van der Waals surface area contributed by atoms with E-state index in [1.165, 1.54) is 0 Å². The predicted molar refractivity (Wildman–Crippen MR) is 146 cm³/mol. The van der Waals surface area contributed by atoms with Crippen LogP contribution in [-0.4, -0.2) is 35.3 Å². The summed E-state index contributed by atoms with van der Waals surface area (Å²) < 4.78 is 28.7. The van der Waals surface area contributed by atoms with Crippen molar-refractivity contribution < 1.29 is 13.2 Å². The van der Waals surface area contributed by atoms with Crippen LogP contribution in [0.5, 0.6) is 0 Å². The van der Waals surface area contributed by atoms with Gasteiger partial charge in [0.1, 0.15) is 0 Å². The summed E-state index contributed by atoms with van der Waals surface area (Å²) in [7, 11) is -3.72. The topological polar surface area (TPSA) is 72.3 Å². The Kier molecular flexibility index (Phi) is 8.56. The molecule has 7 heteroatoms. The van der Waals surface area contributed by atoms with E-state index in [1.54, 1.807) is 22.9 Å². The highest BCUT2D eigenvalue weighted by atomic mass is 32.2. The number of carbonyl (C=O) groups excluding carboxylic acids is 1. The Bertz CT molecular complexity index is 1400. The molecule has 0 spiro atoms. The van der Waals surface area contributed by atoms with E-state index in [0.717, 1.165) is 11.1 Å². The Morgan fingerprint density at radius 1 is 0.838 bits per heavy atom. The van der Waals surface area contributed by atoms with Gasteiger partial charge in [-0.3, -0.25) is 4.79 Å². The van der Waals surface area contributed by atoms with Crippen LogP contribution in [0.25, 0.3) is 0 Å². The van der Waals surface area contributed by atoms with Crippen molar-refractivity contribution in [3.05, 3.63) is 120 Å². The molecule has 0 fully saturated rings. The van der Waals surface area contributed by atoms with Gasteiger partial charge in [0.2, 0.25) is 20.9 Å². The minimum absolute atomic E-state index is 0.000976. The van der Waals surface area contributed by atoms with E-state index in [-0.39, 0.29) is 29.3 Å². The highest BCUT2D eigenvalue weighted by molar-refractivity contribution is 7.90. The van der Waals surface area contributed by atoms with E-state index in [4.69, 9.17) is 0 Å². The number of nitrogens with zero attached hydrogens (tertiary/aromatic N) is 3. The highest BCUT2D eigenvalue weighted by Gasteiger charge is 2.26. The van der Waals surface area contributed by atoms with Gasteiger partial charge in [-0.25, -0.2) is 13.4 Å². The molecule has 6 nitrogen and oxygen atoms in total. The molecule has 3 aromatic carbocycles. The third-order valence-electron chi connectivity index (χ3n) is 6.05. The van der Waals surface area contributed by atoms with E-state index in [1.807, 2.05) is 83.8 Å². The lowest BCUT2D eigenvalue weighted by atomic mass is 10.1. The Morgan fingerprint density at radius 3 is 1.95 bits per heavy atom. The van der Waals surface area contributed by atoms with Crippen molar-refractivity contribution in [2.75, 3.05) is 6.54 Å². The van der Waals surface area contributed by atoms with Crippen molar-refractivity contribution in [3.63, 3.8) is 0 Å². The minimum atomic E-state index is -3.72. The quantitative estimate of drug-likeness (QED) is 0.278. The van der Waals surface area contributed by atoms with Gasteiger partial charge in [0.25, 0.3) is 0 Å². The van der Waals surface area contributed by atoms with E-state index >= 15 is 0 Å². The Labute approximate surface area is 219 Å². The standard InChI is InChI=1S/C30H33N3O3S/c1-24(2)20-32(29(34)18-25-12-6-3-7-13-25)22-28-19-31-30(33(28)21-26-14-8-4-9-15-26)37(35,36)23-27-16-10-5-11-17-27/h3-17,19,24H,18,20-23H2,1-2H3. The van der Waals surface area contributed by atoms with Crippen LogP contribution in [0.1, 0.15) is 36.2 Å². The zero-order valence-corrected chi connectivity index (χ0v) is 22.1. The number of carbonyl (C=O) groups is 1. The molecule has 1 amide bonds. The maximum atomic E-state index is 13.5. The molecule has 0 bridgehead atoms. The number of amides is 1. The maximum Gasteiger partial charge on any atom is 0.228 e. The molecule has 4 rings (SSSR count). The fraction of sp³-hybridized carbons (Fsp3) is 0.267. The zero-order valence-electron chi connectivity index (χ0n) is 21.3. The predicted octanol–water partition coefficient (Wildman–Crippen LogP) is 5.13. The summed E-state index contributed by atoms with van der Waals surface area (Å²) in [6.07, 6.45) is 1.89. The third kappa shape index (κ3) is 7.17. The lowest BCUT2D eigenvalue weighted by Crippen LogP contribution is -2.35. The average molecular weight is 516 g/mol. The van der Waals surface area contributed by atoms with Gasteiger partial charge in [-0.15, -0.1) is 0 Å². The number of imidazole rings is 1. The Morgan fingerprint density at radius 2 is 1.38 bits per heavy atom. The monoisotopic (exact) mass is 515 g/mol. The molecule has 0 atom stereocenters. The van der Waals surface area contributed by atoms with Crippen LogP contribution in [0.3, 0.4) is 0 Å². The molecule has 0 aliphatic carbocycles. The Balaban J connectivity index is 1.67. The lowest BCUT2D eigenvalue weighted by molar-refractivity contribution is -0.131. The van der Waals surface area contributed by atoms with E-state index in [0.29, 0.717) is 30.8 Å². The molecule has 0 radical (unpaired) electrons. The van der Waals surface area contributed by atoms with Gasteiger partial charge in [0.05, 0.1) is 37.2 Å². The van der Waals surface area contributed by atoms with Crippen molar-refractivity contribution in [1.29, 1.82) is 0 Å². The van der Waals surface area contributed by atoms with Gasteiger partial charge < -0.3 is 9.47 Å². The molecule has 0 saturated heterocycles. The van der Waals surface area contributed by atoms with Crippen LogP contribution in [0.15, 0.2) is 102 Å². The van der Waals surface area contributed by atoms with Crippen LogP contribution in [0, 0.1) is 5.92 Å². The fourth-order valence-corrected chi connectivity index (χ4v) is 5.82. The SMILES string of the molecule is CC(C)CN(Cc1cnc(S(=O)(=O)Cc2ccccc2)n1Cc1ccccc1)C(=O)Cc1ccccc1. The van der Waals surface area contributed by atoms with Gasteiger partial charge in [-0.05, 0) is 22.6 Å². The first-order valence-electron chi connectivity index (χ1n) is 12.5. The first kappa shape index (κ1) is 26.4. The van der Waals surface area contributed by atoms with Crippen LogP contribution in [0.2, 0.25) is 0 Å². The third-order valence-corrected chi connectivity index (χ3v) is 7.65. The number of hydrogen-bond acceptors (Lipinski definition) is 4. The second-order valence-electron chi connectivity index (χ2n) is 9.68. The summed E-state index contributed by atoms with van der Waals surface area (Å²) in [5.74, 6) is 0.120. The fourth-order valence-electron chi connectivity index (χ4n) is 4.33. The van der Waals surface area contributed by atoms with Crippen LogP contribution >= 0.6 is 0 Å². The normalized spacial score (nSPS) is 11.5. The van der Waals surface area contributed by atoms with Crippen molar-refractivity contribution in [1.82, 2.24) is 14.5 Å². The molecular weight excluding hydrogens is 482 g/mol. The minimum Gasteiger partial charge on any atom is -0.336 e. The van der Waals surface area contributed by atoms with Gasteiger partial charge in [0, 0.05) is 6.54 Å².